The van der Waals surface area contributed by atoms with Crippen molar-refractivity contribution < 1.29 is 42.5 Å². The highest BCUT2D eigenvalue weighted by Gasteiger charge is 2.45. The molecule has 1 fully saturated rings. The summed E-state index contributed by atoms with van der Waals surface area (Å²) in [5.41, 5.74) is -0.122. The van der Waals surface area contributed by atoms with Crippen LogP contribution in [0.4, 0.5) is 8.78 Å². The largest absolute Gasteiger partial charge is 0.391 e. The van der Waals surface area contributed by atoms with Crippen LogP contribution in [0.15, 0.2) is 18.2 Å². The third-order valence-electron chi connectivity index (χ3n) is 10.7. The first-order valence-electron chi connectivity index (χ1n) is 18.8. The van der Waals surface area contributed by atoms with Crippen LogP contribution in [0.2, 0.25) is 0 Å². The average Bonchev–Trinajstić information content (AvgIpc) is 3.48. The maximum absolute atomic E-state index is 14.2. The summed E-state index contributed by atoms with van der Waals surface area (Å²) in [6, 6.07) is 1.16. The molecule has 0 spiro atoms. The number of nitrogens with one attached hydrogen (secondary N) is 2. The van der Waals surface area contributed by atoms with Crippen molar-refractivity contribution in [1.29, 1.82) is 0 Å². The first-order valence-corrected chi connectivity index (χ1v) is 18.8. The highest BCUT2D eigenvalue weighted by Crippen LogP contribution is 2.30. The van der Waals surface area contributed by atoms with Gasteiger partial charge in [0.15, 0.2) is 0 Å². The van der Waals surface area contributed by atoms with Gasteiger partial charge in [-0.1, -0.05) is 61.0 Å². The Hall–Kier alpha value is -3.20. The third-order valence-corrected chi connectivity index (χ3v) is 10.7. The summed E-state index contributed by atoms with van der Waals surface area (Å²) in [4.78, 5) is 59.9. The smallest absolute Gasteiger partial charge is 0.245 e. The molecule has 1 unspecified atom stereocenters. The number of ether oxygens (including phenoxy) is 2. The molecule has 14 heteroatoms. The number of hydrogen-bond donors (Lipinski definition) is 3. The first-order chi connectivity index (χ1) is 24.8. The maximum atomic E-state index is 14.2. The molecule has 3 N–H and O–H groups in total. The Balaban J connectivity index is 2.26. The van der Waals surface area contributed by atoms with E-state index in [1.807, 2.05) is 60.5 Å². The van der Waals surface area contributed by atoms with E-state index in [2.05, 4.69) is 10.6 Å². The summed E-state index contributed by atoms with van der Waals surface area (Å²) < 4.78 is 39.9. The number of amides is 4. The predicted molar refractivity (Wildman–Crippen MR) is 200 cm³/mol. The van der Waals surface area contributed by atoms with Crippen LogP contribution in [-0.2, 0) is 35.1 Å². The fourth-order valence-electron chi connectivity index (χ4n) is 7.65. The topological polar surface area (TPSA) is 141 Å². The molecule has 9 atom stereocenters. The monoisotopic (exact) mass is 753 g/mol. The highest BCUT2D eigenvalue weighted by atomic mass is 19.1. The van der Waals surface area contributed by atoms with Crippen molar-refractivity contribution in [3.8, 4) is 0 Å². The van der Waals surface area contributed by atoms with E-state index in [1.54, 1.807) is 18.9 Å². The molecule has 1 saturated heterocycles. The van der Waals surface area contributed by atoms with Gasteiger partial charge < -0.3 is 35.0 Å². The number of aliphatic hydroxyl groups is 1. The van der Waals surface area contributed by atoms with Crippen LogP contribution in [0.3, 0.4) is 0 Å². The van der Waals surface area contributed by atoms with E-state index in [9.17, 15) is 33.1 Å². The summed E-state index contributed by atoms with van der Waals surface area (Å²) in [5, 5.41) is 16.5. The highest BCUT2D eigenvalue weighted by molar-refractivity contribution is 5.90. The van der Waals surface area contributed by atoms with E-state index in [-0.39, 0.29) is 73.4 Å². The molecule has 1 aromatic rings. The van der Waals surface area contributed by atoms with Crippen molar-refractivity contribution in [3.63, 3.8) is 0 Å². The lowest BCUT2D eigenvalue weighted by Gasteiger charge is -2.41. The van der Waals surface area contributed by atoms with Gasteiger partial charge in [-0.2, -0.15) is 0 Å². The Labute approximate surface area is 315 Å². The maximum Gasteiger partial charge on any atom is 0.245 e. The number of likely N-dealkylation sites (N-methyl/N-ethyl adjacent to an activating group) is 2. The van der Waals surface area contributed by atoms with Crippen LogP contribution in [0.5, 0.6) is 0 Å². The van der Waals surface area contributed by atoms with Crippen molar-refractivity contribution >= 4 is 23.6 Å². The molecule has 0 radical (unpaired) electrons. The predicted octanol–water partition coefficient (Wildman–Crippen LogP) is 3.24. The molecule has 0 aliphatic carbocycles. The molecule has 0 bridgehead atoms. The van der Waals surface area contributed by atoms with E-state index in [4.69, 9.17) is 9.47 Å². The fraction of sp³-hybridized carbons (Fsp3) is 0.744. The van der Waals surface area contributed by atoms with Gasteiger partial charge in [0.05, 0.1) is 48.8 Å². The minimum absolute atomic E-state index is 0.0124. The van der Waals surface area contributed by atoms with Gasteiger partial charge >= 0.3 is 0 Å². The number of nitrogens with zero attached hydrogens (tertiary/aromatic N) is 3. The van der Waals surface area contributed by atoms with E-state index in [0.29, 0.717) is 6.42 Å². The lowest BCUT2D eigenvalue weighted by atomic mass is 9.89. The van der Waals surface area contributed by atoms with Gasteiger partial charge in [-0.15, -0.1) is 0 Å². The summed E-state index contributed by atoms with van der Waals surface area (Å²) >= 11 is 0. The molecular weight excluding hydrogens is 688 g/mol. The standard InChI is InChI=1S/C39H65F2N5O7/c1-13-24(6)35(45(10)39(51)33(22(2)3)43-38(50)34(23(4)5)44(8)9)31(52-11)20-32(48)46-21-26(47)19-30(46)36(53-12)25(7)37(49)42-18-17-27-28(40)15-14-16-29(27)41/h14-16,22-26,30-31,33-36,47H,13,17-21H2,1-12H3,(H,42,49)(H,43,50)/t24-,25+,26-,30-,31+,33-,34-,35?,36+/m0/s1. The number of benzene rings is 1. The lowest BCUT2D eigenvalue weighted by Crippen LogP contribution is -2.59. The fourth-order valence-corrected chi connectivity index (χ4v) is 7.65. The van der Waals surface area contributed by atoms with Crippen LogP contribution < -0.4 is 10.6 Å². The molecule has 1 aliphatic heterocycles. The summed E-state index contributed by atoms with van der Waals surface area (Å²) in [7, 11) is 8.25. The van der Waals surface area contributed by atoms with Crippen LogP contribution in [0, 0.1) is 35.3 Å². The Morgan fingerprint density at radius 1 is 0.962 bits per heavy atom. The van der Waals surface area contributed by atoms with Crippen molar-refractivity contribution in [3.05, 3.63) is 35.4 Å². The Kier molecular flexibility index (Phi) is 18.2. The van der Waals surface area contributed by atoms with Crippen molar-refractivity contribution in [1.82, 2.24) is 25.3 Å². The van der Waals surface area contributed by atoms with E-state index >= 15 is 0 Å². The van der Waals surface area contributed by atoms with Gasteiger partial charge in [0, 0.05) is 39.9 Å². The molecule has 1 heterocycles. The molecule has 4 amide bonds. The minimum Gasteiger partial charge on any atom is -0.391 e. The zero-order chi connectivity index (χ0) is 40.3. The van der Waals surface area contributed by atoms with Crippen LogP contribution in [0.1, 0.15) is 73.3 Å². The first kappa shape index (κ1) is 46.0. The van der Waals surface area contributed by atoms with Crippen molar-refractivity contribution in [2.75, 3.05) is 48.5 Å². The number of carbonyl (C=O) groups excluding carboxylic acids is 4. The molecule has 302 valence electrons. The third kappa shape index (κ3) is 11.9. The molecule has 53 heavy (non-hydrogen) atoms. The lowest BCUT2D eigenvalue weighted by molar-refractivity contribution is -0.148. The van der Waals surface area contributed by atoms with E-state index in [1.165, 1.54) is 25.2 Å². The van der Waals surface area contributed by atoms with Gasteiger partial charge in [0.1, 0.15) is 17.7 Å². The number of hydrogen-bond acceptors (Lipinski definition) is 8. The molecule has 2 rings (SSSR count). The molecule has 0 saturated carbocycles. The normalized spacial score (nSPS) is 20.2. The SMILES string of the molecule is CC[C@H](C)C([C@@H](CC(=O)N1C[C@@H](O)C[C@H]1[C@H](OC)[C@@H](C)C(=O)NCCc1c(F)cccc1F)OC)N(C)C(=O)[C@@H](NC(=O)[C@H](C(C)C)N(C)C)C(C)C. The second-order valence-corrected chi connectivity index (χ2v) is 15.4. The molecule has 12 nitrogen and oxygen atoms in total. The van der Waals surface area contributed by atoms with Crippen LogP contribution >= 0.6 is 0 Å². The second-order valence-electron chi connectivity index (χ2n) is 15.4. The number of methoxy groups -OCH3 is 2. The summed E-state index contributed by atoms with van der Waals surface area (Å²) in [6.45, 7) is 13.3. The van der Waals surface area contributed by atoms with Gasteiger partial charge in [0.2, 0.25) is 23.6 Å². The number of β-amino-alcohol motifs (C(OH)–C–C–N with tert-alkyl or cyclic N) is 1. The Morgan fingerprint density at radius 2 is 1.57 bits per heavy atom. The Bertz CT molecular complexity index is 1340. The Morgan fingerprint density at radius 3 is 2.06 bits per heavy atom. The number of halogens is 2. The van der Waals surface area contributed by atoms with E-state index in [0.717, 1.165) is 12.1 Å². The van der Waals surface area contributed by atoms with Crippen LogP contribution in [-0.4, -0.2) is 134 Å². The second kappa shape index (κ2) is 21.0. The van der Waals surface area contributed by atoms with Gasteiger partial charge in [0.25, 0.3) is 0 Å². The number of likely N-dealkylation sites (tertiary alicyclic amines) is 1. The van der Waals surface area contributed by atoms with E-state index < -0.39 is 65.9 Å². The summed E-state index contributed by atoms with van der Waals surface area (Å²) in [6.07, 6.45) is -1.71. The minimum atomic E-state index is -0.858. The molecule has 1 aromatic carbocycles. The van der Waals surface area contributed by atoms with Gasteiger partial charge in [-0.25, -0.2) is 8.78 Å². The number of carbonyl (C=O) groups is 4. The van der Waals surface area contributed by atoms with Crippen molar-refractivity contribution in [2.45, 2.75) is 117 Å². The average molecular weight is 754 g/mol. The van der Waals surface area contributed by atoms with Gasteiger partial charge in [-0.3, -0.25) is 24.1 Å². The number of rotatable bonds is 20. The zero-order valence-electron chi connectivity index (χ0n) is 33.8. The molecular formula is C39H65F2N5O7. The van der Waals surface area contributed by atoms with Gasteiger partial charge in [-0.05, 0) is 56.8 Å². The van der Waals surface area contributed by atoms with Crippen LogP contribution in [0.25, 0.3) is 0 Å². The summed E-state index contributed by atoms with van der Waals surface area (Å²) in [5.74, 6) is -3.75. The molecule has 1 aliphatic rings. The zero-order valence-corrected chi connectivity index (χ0v) is 33.8. The molecule has 0 aromatic heterocycles. The quantitative estimate of drug-likeness (QED) is 0.185. The van der Waals surface area contributed by atoms with Crippen molar-refractivity contribution in [2.24, 2.45) is 23.7 Å². The number of aliphatic hydroxyl groups excluding tert-OH is 1.